The molecule has 0 spiro atoms. The number of aliphatic hydroxyl groups excluding tert-OH is 1. The van der Waals surface area contributed by atoms with Crippen molar-refractivity contribution in [3.8, 4) is 0 Å². The van der Waals surface area contributed by atoms with Gasteiger partial charge in [-0.25, -0.2) is 5.11 Å². The minimum absolute atomic E-state index is 0.00829. The molecule has 0 aliphatic heterocycles. The quantitative estimate of drug-likeness (QED) is 0.589. The number of nitrogens with zero attached hydrogens (tertiary/aromatic N) is 1. The Morgan fingerprint density at radius 3 is 2.45 bits per heavy atom. The third-order valence-corrected chi connectivity index (χ3v) is 1.57. The monoisotopic (exact) mass is 160 g/mol. The van der Waals surface area contributed by atoms with Gasteiger partial charge in [-0.2, -0.15) is 0 Å². The van der Waals surface area contributed by atoms with E-state index >= 15 is 0 Å². The first-order valence-corrected chi connectivity index (χ1v) is 4.26. The smallest absolute Gasteiger partial charge is 0.0834 e. The SMILES string of the molecule is CCCN(CCO)CCC[O]. The van der Waals surface area contributed by atoms with Crippen LogP contribution in [-0.2, 0) is 5.11 Å². The Morgan fingerprint density at radius 2 is 2.00 bits per heavy atom. The van der Waals surface area contributed by atoms with Gasteiger partial charge >= 0.3 is 0 Å². The second kappa shape index (κ2) is 7.98. The molecular weight excluding hydrogens is 142 g/mol. The summed E-state index contributed by atoms with van der Waals surface area (Å²) in [4.78, 5) is 2.12. The summed E-state index contributed by atoms with van der Waals surface area (Å²) in [5.41, 5.74) is 0. The number of rotatable bonds is 7. The number of hydrogen-bond acceptors (Lipinski definition) is 2. The van der Waals surface area contributed by atoms with E-state index in [9.17, 15) is 5.11 Å². The highest BCUT2D eigenvalue weighted by Crippen LogP contribution is 1.92. The highest BCUT2D eigenvalue weighted by atomic mass is 16.3. The molecule has 0 aromatic rings. The van der Waals surface area contributed by atoms with Crippen LogP contribution < -0.4 is 0 Å². The first-order chi connectivity index (χ1) is 5.35. The van der Waals surface area contributed by atoms with Gasteiger partial charge in [0.1, 0.15) is 0 Å². The molecule has 0 aliphatic carbocycles. The molecule has 0 aromatic heterocycles. The highest BCUT2D eigenvalue weighted by molar-refractivity contribution is 4.55. The maximum atomic E-state index is 10.2. The van der Waals surface area contributed by atoms with Gasteiger partial charge in [-0.3, -0.25) is 0 Å². The first kappa shape index (κ1) is 10.9. The molecule has 3 heteroatoms. The lowest BCUT2D eigenvalue weighted by molar-refractivity contribution is 0.151. The van der Waals surface area contributed by atoms with Crippen molar-refractivity contribution < 1.29 is 10.2 Å². The van der Waals surface area contributed by atoms with Crippen molar-refractivity contribution in [3.63, 3.8) is 0 Å². The molecule has 0 saturated heterocycles. The summed E-state index contributed by atoms with van der Waals surface area (Å²) in [5, 5.41) is 18.8. The lowest BCUT2D eigenvalue weighted by atomic mass is 10.3. The van der Waals surface area contributed by atoms with E-state index in [1.807, 2.05) is 0 Å². The molecule has 3 nitrogen and oxygen atoms in total. The Balaban J connectivity index is 3.34. The van der Waals surface area contributed by atoms with E-state index < -0.39 is 0 Å². The summed E-state index contributed by atoms with van der Waals surface area (Å²) in [6, 6.07) is 0. The Labute approximate surface area is 68.6 Å². The van der Waals surface area contributed by atoms with Gasteiger partial charge in [0, 0.05) is 13.1 Å². The summed E-state index contributed by atoms with van der Waals surface area (Å²) in [6.07, 6.45) is 1.78. The summed E-state index contributed by atoms with van der Waals surface area (Å²) in [5.74, 6) is 0. The molecule has 0 atom stereocenters. The largest absolute Gasteiger partial charge is 0.395 e. The van der Waals surface area contributed by atoms with Crippen LogP contribution in [0.1, 0.15) is 19.8 Å². The van der Waals surface area contributed by atoms with Crippen LogP contribution in [0, 0.1) is 0 Å². The van der Waals surface area contributed by atoms with Crippen LogP contribution in [0.3, 0.4) is 0 Å². The highest BCUT2D eigenvalue weighted by Gasteiger charge is 2.00. The zero-order valence-corrected chi connectivity index (χ0v) is 7.25. The van der Waals surface area contributed by atoms with Gasteiger partial charge in [-0.15, -0.1) is 0 Å². The van der Waals surface area contributed by atoms with E-state index in [4.69, 9.17) is 5.11 Å². The average molecular weight is 160 g/mol. The zero-order valence-electron chi connectivity index (χ0n) is 7.25. The molecule has 67 valence electrons. The van der Waals surface area contributed by atoms with Crippen molar-refractivity contribution in [2.75, 3.05) is 32.8 Å². The van der Waals surface area contributed by atoms with Crippen LogP contribution in [0.2, 0.25) is 0 Å². The Kier molecular flexibility index (Phi) is 7.89. The standard InChI is InChI=1S/C8H18NO2/c1-2-4-9(6-8-11)5-3-7-10/h11H,2-8H2,1H3. The van der Waals surface area contributed by atoms with Crippen molar-refractivity contribution >= 4 is 0 Å². The summed E-state index contributed by atoms with van der Waals surface area (Å²) in [6.45, 7) is 4.80. The molecule has 0 aromatic carbocycles. The molecule has 0 bridgehead atoms. The van der Waals surface area contributed by atoms with Crippen LogP contribution >= 0.6 is 0 Å². The van der Waals surface area contributed by atoms with Crippen LogP contribution in [0.25, 0.3) is 0 Å². The molecule has 0 saturated carbocycles. The molecule has 0 aliphatic rings. The molecule has 1 N–H and O–H groups in total. The lowest BCUT2D eigenvalue weighted by Crippen LogP contribution is -2.29. The predicted octanol–water partition coefficient (Wildman–Crippen LogP) is 0.511. The van der Waals surface area contributed by atoms with Crippen LogP contribution in [0.15, 0.2) is 0 Å². The maximum Gasteiger partial charge on any atom is 0.0834 e. The average Bonchev–Trinajstić information content (AvgIpc) is 2.01. The maximum absolute atomic E-state index is 10.2. The summed E-state index contributed by atoms with van der Waals surface area (Å²) < 4.78 is 0. The van der Waals surface area contributed by atoms with Crippen molar-refractivity contribution in [3.05, 3.63) is 0 Å². The summed E-state index contributed by atoms with van der Waals surface area (Å²) in [7, 11) is 0. The Morgan fingerprint density at radius 1 is 1.27 bits per heavy atom. The Bertz CT molecular complexity index is 72.5. The van der Waals surface area contributed by atoms with Crippen molar-refractivity contribution in [1.29, 1.82) is 0 Å². The molecule has 0 unspecified atom stereocenters. The van der Waals surface area contributed by atoms with E-state index in [-0.39, 0.29) is 13.2 Å². The van der Waals surface area contributed by atoms with Crippen molar-refractivity contribution in [1.82, 2.24) is 4.90 Å². The molecule has 1 radical (unpaired) electrons. The van der Waals surface area contributed by atoms with Gasteiger partial charge in [-0.05, 0) is 19.4 Å². The van der Waals surface area contributed by atoms with Gasteiger partial charge in [0.2, 0.25) is 0 Å². The summed E-state index contributed by atoms with van der Waals surface area (Å²) >= 11 is 0. The van der Waals surface area contributed by atoms with Crippen LogP contribution in [0.5, 0.6) is 0 Å². The van der Waals surface area contributed by atoms with Gasteiger partial charge in [0.15, 0.2) is 0 Å². The van der Waals surface area contributed by atoms with Gasteiger partial charge < -0.3 is 10.0 Å². The number of hydrogen-bond donors (Lipinski definition) is 1. The molecule has 0 heterocycles. The molecule has 11 heavy (non-hydrogen) atoms. The fourth-order valence-electron chi connectivity index (χ4n) is 1.08. The van der Waals surface area contributed by atoms with E-state index in [0.29, 0.717) is 13.0 Å². The first-order valence-electron chi connectivity index (χ1n) is 4.26. The normalized spacial score (nSPS) is 10.9. The van der Waals surface area contributed by atoms with E-state index in [0.717, 1.165) is 19.5 Å². The minimum atomic E-state index is -0.00829. The van der Waals surface area contributed by atoms with Gasteiger partial charge in [0.05, 0.1) is 13.2 Å². The van der Waals surface area contributed by atoms with Crippen LogP contribution in [0.4, 0.5) is 0 Å². The van der Waals surface area contributed by atoms with Gasteiger partial charge in [-0.1, -0.05) is 6.92 Å². The zero-order chi connectivity index (χ0) is 8.53. The fourth-order valence-corrected chi connectivity index (χ4v) is 1.08. The second-order valence-electron chi connectivity index (χ2n) is 2.62. The van der Waals surface area contributed by atoms with Crippen LogP contribution in [-0.4, -0.2) is 42.9 Å². The fraction of sp³-hybridized carbons (Fsp3) is 1.00. The Hall–Kier alpha value is -0.120. The van der Waals surface area contributed by atoms with Gasteiger partial charge in [0.25, 0.3) is 0 Å². The third-order valence-electron chi connectivity index (χ3n) is 1.57. The topological polar surface area (TPSA) is 43.4 Å². The molecule has 0 rings (SSSR count). The van der Waals surface area contributed by atoms with E-state index in [1.165, 1.54) is 0 Å². The molecular formula is C8H18NO2. The predicted molar refractivity (Wildman–Crippen MR) is 44.0 cm³/mol. The lowest BCUT2D eigenvalue weighted by Gasteiger charge is -2.19. The van der Waals surface area contributed by atoms with E-state index in [2.05, 4.69) is 11.8 Å². The van der Waals surface area contributed by atoms with Crippen molar-refractivity contribution in [2.45, 2.75) is 19.8 Å². The number of aliphatic hydroxyl groups is 1. The second-order valence-corrected chi connectivity index (χ2v) is 2.62. The van der Waals surface area contributed by atoms with E-state index in [1.54, 1.807) is 0 Å². The third kappa shape index (κ3) is 6.28. The minimum Gasteiger partial charge on any atom is -0.395 e. The van der Waals surface area contributed by atoms with Crippen molar-refractivity contribution in [2.24, 2.45) is 0 Å². The molecule has 0 amide bonds. The molecule has 0 fully saturated rings.